The van der Waals surface area contributed by atoms with Gasteiger partial charge in [0.2, 0.25) is 0 Å². The van der Waals surface area contributed by atoms with E-state index in [0.29, 0.717) is 18.8 Å². The molecule has 0 spiro atoms. The number of aryl methyl sites for hydroxylation is 1. The van der Waals surface area contributed by atoms with E-state index in [4.69, 9.17) is 4.74 Å². The molecule has 4 rings (SSSR count). The zero-order valence-corrected chi connectivity index (χ0v) is 17.2. The lowest BCUT2D eigenvalue weighted by atomic mass is 10.2. The van der Waals surface area contributed by atoms with E-state index in [1.807, 2.05) is 31.2 Å². The minimum absolute atomic E-state index is 0.145. The Bertz CT molecular complexity index is 1010. The minimum Gasteiger partial charge on any atom is -0.494 e. The van der Waals surface area contributed by atoms with E-state index in [1.165, 1.54) is 17.7 Å². The highest BCUT2D eigenvalue weighted by molar-refractivity contribution is 5.94. The predicted molar refractivity (Wildman–Crippen MR) is 114 cm³/mol. The van der Waals surface area contributed by atoms with Gasteiger partial charge in [-0.05, 0) is 75.4 Å². The molecule has 0 bridgehead atoms. The number of carbonyl (C=O) groups is 1. The van der Waals surface area contributed by atoms with Gasteiger partial charge in [-0.2, -0.15) is 5.10 Å². The van der Waals surface area contributed by atoms with Crippen LogP contribution in [0.4, 0.5) is 4.39 Å². The summed E-state index contributed by atoms with van der Waals surface area (Å²) in [6, 6.07) is 14.2. The minimum atomic E-state index is -0.285. The Labute approximate surface area is 175 Å². The molecule has 0 atom stereocenters. The summed E-state index contributed by atoms with van der Waals surface area (Å²) < 4.78 is 20.8. The summed E-state index contributed by atoms with van der Waals surface area (Å²) >= 11 is 0. The number of hydrogen-bond donors (Lipinski definition) is 1. The summed E-state index contributed by atoms with van der Waals surface area (Å²) in [5.74, 6) is 0.437. The van der Waals surface area contributed by atoms with Crippen molar-refractivity contribution in [3.8, 4) is 11.4 Å². The molecule has 1 aromatic heterocycles. The number of fused-ring (bicyclic) bond motifs is 1. The number of ether oxygens (including phenoxy) is 1. The molecule has 0 aliphatic heterocycles. The van der Waals surface area contributed by atoms with Crippen LogP contribution in [-0.2, 0) is 12.8 Å². The predicted octanol–water partition coefficient (Wildman–Crippen LogP) is 4.40. The van der Waals surface area contributed by atoms with E-state index in [2.05, 4.69) is 10.4 Å². The smallest absolute Gasteiger partial charge is 0.272 e. The number of nitrogens with zero attached hydrogens (tertiary/aromatic N) is 2. The maximum absolute atomic E-state index is 13.2. The van der Waals surface area contributed by atoms with Gasteiger partial charge in [0.15, 0.2) is 5.69 Å². The molecule has 1 aliphatic carbocycles. The number of nitrogens with one attached hydrogen (secondary N) is 1. The Balaban J connectivity index is 1.30. The van der Waals surface area contributed by atoms with Crippen molar-refractivity contribution in [2.75, 3.05) is 13.2 Å². The van der Waals surface area contributed by atoms with E-state index in [9.17, 15) is 9.18 Å². The molecule has 156 valence electrons. The summed E-state index contributed by atoms with van der Waals surface area (Å²) in [5.41, 5.74) is 4.54. The van der Waals surface area contributed by atoms with Crippen molar-refractivity contribution in [1.82, 2.24) is 15.1 Å². The van der Waals surface area contributed by atoms with Gasteiger partial charge >= 0.3 is 0 Å². The highest BCUT2D eigenvalue weighted by atomic mass is 19.1. The standard InChI is InChI=1S/C24H26FN3O2/c1-17-7-13-20(14-8-17)30-16-3-2-15-26-24(29)23-21-5-4-6-22(21)28(27-23)19-11-9-18(25)10-12-19/h7-14H,2-6,15-16H2,1H3,(H,26,29). The number of hydrogen-bond acceptors (Lipinski definition) is 3. The number of aromatic nitrogens is 2. The van der Waals surface area contributed by atoms with Crippen LogP contribution in [0.2, 0.25) is 0 Å². The normalized spacial score (nSPS) is 12.6. The van der Waals surface area contributed by atoms with E-state index >= 15 is 0 Å². The average molecular weight is 407 g/mol. The largest absolute Gasteiger partial charge is 0.494 e. The molecular formula is C24H26FN3O2. The molecule has 0 saturated heterocycles. The second-order valence-electron chi connectivity index (χ2n) is 7.64. The van der Waals surface area contributed by atoms with Crippen LogP contribution in [0.25, 0.3) is 5.69 Å². The first-order valence-corrected chi connectivity index (χ1v) is 10.5. The Hall–Kier alpha value is -3.15. The quantitative estimate of drug-likeness (QED) is 0.563. The molecular weight excluding hydrogens is 381 g/mol. The van der Waals surface area contributed by atoms with Gasteiger partial charge in [-0.15, -0.1) is 0 Å². The Kier molecular flexibility index (Phi) is 6.12. The first kappa shape index (κ1) is 20.1. The second kappa shape index (κ2) is 9.11. The molecule has 0 saturated carbocycles. The van der Waals surface area contributed by atoms with Crippen LogP contribution in [0.15, 0.2) is 48.5 Å². The SMILES string of the molecule is Cc1ccc(OCCCCNC(=O)c2nn(-c3ccc(F)cc3)c3c2CCC3)cc1. The van der Waals surface area contributed by atoms with Gasteiger partial charge in [0.25, 0.3) is 5.91 Å². The first-order valence-electron chi connectivity index (χ1n) is 10.5. The van der Waals surface area contributed by atoms with E-state index in [0.717, 1.165) is 54.8 Å². The fraction of sp³-hybridized carbons (Fsp3) is 0.333. The lowest BCUT2D eigenvalue weighted by Gasteiger charge is -2.07. The molecule has 1 heterocycles. The zero-order chi connectivity index (χ0) is 20.9. The molecule has 1 N–H and O–H groups in total. The molecule has 1 amide bonds. The summed E-state index contributed by atoms with van der Waals surface area (Å²) in [5, 5.41) is 7.53. The molecule has 0 radical (unpaired) electrons. The third-order valence-electron chi connectivity index (χ3n) is 5.36. The lowest BCUT2D eigenvalue weighted by molar-refractivity contribution is 0.0946. The maximum atomic E-state index is 13.2. The van der Waals surface area contributed by atoms with E-state index < -0.39 is 0 Å². The number of benzene rings is 2. The van der Waals surface area contributed by atoms with Crippen LogP contribution in [-0.4, -0.2) is 28.8 Å². The molecule has 0 unspecified atom stereocenters. The zero-order valence-electron chi connectivity index (χ0n) is 17.2. The number of carbonyl (C=O) groups excluding carboxylic acids is 1. The topological polar surface area (TPSA) is 56.1 Å². The van der Waals surface area contributed by atoms with Gasteiger partial charge in [-0.3, -0.25) is 4.79 Å². The molecule has 3 aromatic rings. The number of halogens is 1. The Morgan fingerprint density at radius 1 is 1.10 bits per heavy atom. The monoisotopic (exact) mass is 407 g/mol. The average Bonchev–Trinajstić information content (AvgIpc) is 3.35. The molecule has 6 heteroatoms. The van der Waals surface area contributed by atoms with Crippen molar-refractivity contribution in [2.24, 2.45) is 0 Å². The Morgan fingerprint density at radius 2 is 1.87 bits per heavy atom. The molecule has 2 aromatic carbocycles. The van der Waals surface area contributed by atoms with Crippen molar-refractivity contribution < 1.29 is 13.9 Å². The van der Waals surface area contributed by atoms with Crippen LogP contribution in [0, 0.1) is 12.7 Å². The first-order chi connectivity index (χ1) is 14.6. The maximum Gasteiger partial charge on any atom is 0.272 e. The van der Waals surface area contributed by atoms with Crippen molar-refractivity contribution in [3.05, 3.63) is 76.9 Å². The highest BCUT2D eigenvalue weighted by Crippen LogP contribution is 2.28. The molecule has 0 fully saturated rings. The van der Waals surface area contributed by atoms with E-state index in [1.54, 1.807) is 16.8 Å². The highest BCUT2D eigenvalue weighted by Gasteiger charge is 2.26. The van der Waals surface area contributed by atoms with Crippen LogP contribution in [0.1, 0.15) is 46.6 Å². The summed E-state index contributed by atoms with van der Waals surface area (Å²) in [4.78, 5) is 12.7. The number of unbranched alkanes of at least 4 members (excludes halogenated alkanes) is 1. The fourth-order valence-corrected chi connectivity index (χ4v) is 3.75. The summed E-state index contributed by atoms with van der Waals surface area (Å²) in [6.07, 6.45) is 4.42. The molecule has 1 aliphatic rings. The Morgan fingerprint density at radius 3 is 2.63 bits per heavy atom. The van der Waals surface area contributed by atoms with Crippen molar-refractivity contribution in [3.63, 3.8) is 0 Å². The van der Waals surface area contributed by atoms with Crippen molar-refractivity contribution >= 4 is 5.91 Å². The van der Waals surface area contributed by atoms with Gasteiger partial charge in [0.1, 0.15) is 11.6 Å². The van der Waals surface area contributed by atoms with E-state index in [-0.39, 0.29) is 11.7 Å². The van der Waals surface area contributed by atoms with Crippen molar-refractivity contribution in [1.29, 1.82) is 0 Å². The van der Waals surface area contributed by atoms with Crippen LogP contribution in [0.5, 0.6) is 5.75 Å². The third kappa shape index (κ3) is 4.53. The lowest BCUT2D eigenvalue weighted by Crippen LogP contribution is -2.26. The van der Waals surface area contributed by atoms with Crippen LogP contribution in [0.3, 0.4) is 0 Å². The second-order valence-corrected chi connectivity index (χ2v) is 7.64. The number of amides is 1. The van der Waals surface area contributed by atoms with Gasteiger partial charge in [0, 0.05) is 17.8 Å². The third-order valence-corrected chi connectivity index (χ3v) is 5.36. The number of rotatable bonds is 8. The van der Waals surface area contributed by atoms with Crippen LogP contribution < -0.4 is 10.1 Å². The van der Waals surface area contributed by atoms with Gasteiger partial charge < -0.3 is 10.1 Å². The van der Waals surface area contributed by atoms with Crippen LogP contribution >= 0.6 is 0 Å². The fourth-order valence-electron chi connectivity index (χ4n) is 3.75. The van der Waals surface area contributed by atoms with Gasteiger partial charge in [-0.1, -0.05) is 17.7 Å². The summed E-state index contributed by atoms with van der Waals surface area (Å²) in [6.45, 7) is 3.24. The molecule has 5 nitrogen and oxygen atoms in total. The van der Waals surface area contributed by atoms with Gasteiger partial charge in [-0.25, -0.2) is 9.07 Å². The van der Waals surface area contributed by atoms with Crippen molar-refractivity contribution in [2.45, 2.75) is 39.0 Å². The van der Waals surface area contributed by atoms with Gasteiger partial charge in [0.05, 0.1) is 12.3 Å². The summed E-state index contributed by atoms with van der Waals surface area (Å²) in [7, 11) is 0. The molecule has 30 heavy (non-hydrogen) atoms.